The first kappa shape index (κ1) is 23.3. The number of nitrogens with one attached hydrogen (secondary N) is 1. The van der Waals surface area contributed by atoms with Crippen molar-refractivity contribution < 1.29 is 21.6 Å². The molecule has 0 bridgehead atoms. The first-order chi connectivity index (χ1) is 13.1. The van der Waals surface area contributed by atoms with Crippen molar-refractivity contribution in [2.45, 2.75) is 14.0 Å². The first-order valence-electron chi connectivity index (χ1n) is 7.62. The van der Waals surface area contributed by atoms with E-state index in [1.54, 1.807) is 0 Å². The molecule has 2 aromatic carbocycles. The molecule has 12 heteroatoms. The van der Waals surface area contributed by atoms with Crippen molar-refractivity contribution in [1.29, 1.82) is 0 Å². The van der Waals surface area contributed by atoms with E-state index in [0.29, 0.717) is 10.7 Å². The van der Waals surface area contributed by atoms with Gasteiger partial charge in [0.15, 0.2) is 0 Å². The van der Waals surface area contributed by atoms with Crippen LogP contribution in [0.3, 0.4) is 0 Å². The van der Waals surface area contributed by atoms with Crippen molar-refractivity contribution in [3.05, 3.63) is 70.6 Å². The summed E-state index contributed by atoms with van der Waals surface area (Å²) in [6.45, 7) is 0. The molecule has 1 heterocycles. The van der Waals surface area contributed by atoms with E-state index in [4.69, 9.17) is 16.7 Å². The van der Waals surface area contributed by atoms with Crippen molar-refractivity contribution in [2.24, 2.45) is 5.14 Å². The molecule has 0 spiro atoms. The van der Waals surface area contributed by atoms with E-state index >= 15 is 0 Å². The Morgan fingerprint density at radius 3 is 1.97 bits per heavy atom. The van der Waals surface area contributed by atoms with Crippen LogP contribution in [-0.2, 0) is 19.9 Å². The Hall–Kier alpha value is -1.95. The Bertz CT molecular complexity index is 1240. The van der Waals surface area contributed by atoms with Crippen molar-refractivity contribution in [3.63, 3.8) is 0 Å². The number of anilines is 1. The molecular formula is C17H14Cl2N2O5S3. The van der Waals surface area contributed by atoms with E-state index in [-0.39, 0.29) is 31.3 Å². The fourth-order valence-corrected chi connectivity index (χ4v) is 5.48. The van der Waals surface area contributed by atoms with Crippen LogP contribution in [0.15, 0.2) is 74.7 Å². The Labute approximate surface area is 182 Å². The Balaban J connectivity index is 0.00000300. The molecule has 0 aliphatic rings. The minimum absolute atomic E-state index is 0. The number of carbonyl (C=O) groups excluding carboxylic acids is 1. The molecule has 0 aliphatic heterocycles. The molecule has 0 aliphatic carbocycles. The van der Waals surface area contributed by atoms with E-state index in [2.05, 4.69) is 5.32 Å². The maximum Gasteiger partial charge on any atom is 0.265 e. The normalized spacial score (nSPS) is 11.5. The molecule has 0 saturated carbocycles. The second-order valence-corrected chi connectivity index (χ2v) is 10.9. The number of thiophene rings is 1. The van der Waals surface area contributed by atoms with Crippen molar-refractivity contribution in [1.82, 2.24) is 0 Å². The number of primary sulfonamides is 1. The number of amides is 1. The maximum atomic E-state index is 12.6. The van der Waals surface area contributed by atoms with Gasteiger partial charge in [-0.15, -0.1) is 23.7 Å². The quantitative estimate of drug-likeness (QED) is 0.563. The molecule has 0 radical (unpaired) electrons. The molecule has 7 nitrogen and oxygen atoms in total. The molecule has 1 aromatic heterocycles. The Morgan fingerprint density at radius 1 is 0.862 bits per heavy atom. The van der Waals surface area contributed by atoms with Crippen molar-refractivity contribution in [3.8, 4) is 0 Å². The van der Waals surface area contributed by atoms with E-state index in [1.165, 1.54) is 60.7 Å². The Morgan fingerprint density at radius 2 is 1.41 bits per heavy atom. The van der Waals surface area contributed by atoms with Gasteiger partial charge in [-0.2, -0.15) is 0 Å². The smallest absolute Gasteiger partial charge is 0.265 e. The minimum Gasteiger partial charge on any atom is -0.321 e. The molecule has 3 N–H and O–H groups in total. The number of rotatable bonds is 5. The number of hydrogen-bond acceptors (Lipinski definition) is 6. The zero-order valence-electron chi connectivity index (χ0n) is 14.4. The number of halogens is 2. The molecule has 0 saturated heterocycles. The molecule has 1 amide bonds. The zero-order valence-corrected chi connectivity index (χ0v) is 18.4. The van der Waals surface area contributed by atoms with E-state index in [9.17, 15) is 21.6 Å². The third kappa shape index (κ3) is 5.35. The van der Waals surface area contributed by atoms with E-state index in [0.717, 1.165) is 11.3 Å². The maximum absolute atomic E-state index is 12.6. The van der Waals surface area contributed by atoms with E-state index < -0.39 is 25.8 Å². The van der Waals surface area contributed by atoms with Gasteiger partial charge in [0, 0.05) is 10.7 Å². The number of sulfone groups is 1. The van der Waals surface area contributed by atoms with Crippen LogP contribution in [0.1, 0.15) is 9.67 Å². The fraction of sp³-hybridized carbons (Fsp3) is 0. The lowest BCUT2D eigenvalue weighted by Gasteiger charge is -2.05. The third-order valence-corrected chi connectivity index (χ3v) is 8.16. The van der Waals surface area contributed by atoms with Crippen LogP contribution >= 0.6 is 35.3 Å². The highest BCUT2D eigenvalue weighted by Gasteiger charge is 2.22. The molecule has 3 aromatic rings. The average molecular weight is 493 g/mol. The summed E-state index contributed by atoms with van der Waals surface area (Å²) in [7, 11) is -7.59. The van der Waals surface area contributed by atoms with E-state index in [1.807, 2.05) is 0 Å². The molecular weight excluding hydrogens is 479 g/mol. The fourth-order valence-electron chi connectivity index (χ4n) is 2.24. The van der Waals surface area contributed by atoms with Crippen LogP contribution in [0.2, 0.25) is 5.02 Å². The lowest BCUT2D eigenvalue weighted by molar-refractivity contribution is 0.103. The van der Waals surface area contributed by atoms with Gasteiger partial charge in [0.1, 0.15) is 4.21 Å². The topological polar surface area (TPSA) is 123 Å². The highest BCUT2D eigenvalue weighted by atomic mass is 35.5. The predicted molar refractivity (Wildman–Crippen MR) is 114 cm³/mol. The molecule has 29 heavy (non-hydrogen) atoms. The van der Waals surface area contributed by atoms with Gasteiger partial charge in [-0.3, -0.25) is 4.79 Å². The van der Waals surface area contributed by atoms with Gasteiger partial charge in [-0.05, 0) is 60.7 Å². The highest BCUT2D eigenvalue weighted by Crippen LogP contribution is 2.29. The van der Waals surface area contributed by atoms with Crippen LogP contribution in [0, 0.1) is 0 Å². The monoisotopic (exact) mass is 492 g/mol. The van der Waals surface area contributed by atoms with Gasteiger partial charge < -0.3 is 5.32 Å². The van der Waals surface area contributed by atoms with Crippen LogP contribution in [-0.4, -0.2) is 22.7 Å². The average Bonchev–Trinajstić information content (AvgIpc) is 3.13. The lowest BCUT2D eigenvalue weighted by atomic mass is 10.3. The van der Waals surface area contributed by atoms with Crippen LogP contribution in [0.25, 0.3) is 0 Å². The summed E-state index contributed by atoms with van der Waals surface area (Å²) in [4.78, 5) is 12.5. The summed E-state index contributed by atoms with van der Waals surface area (Å²) in [6.07, 6.45) is 0. The molecule has 154 valence electrons. The third-order valence-electron chi connectivity index (χ3n) is 3.63. The summed E-state index contributed by atoms with van der Waals surface area (Å²) < 4.78 is 47.8. The number of carbonyl (C=O) groups is 1. The van der Waals surface area contributed by atoms with Gasteiger partial charge in [0.2, 0.25) is 19.9 Å². The summed E-state index contributed by atoms with van der Waals surface area (Å²) in [5.41, 5.74) is 0.341. The second-order valence-electron chi connectivity index (χ2n) is 5.60. The van der Waals surface area contributed by atoms with Gasteiger partial charge in [-0.1, -0.05) is 11.6 Å². The standard InChI is InChI=1S/C17H13ClN2O5S3.ClH/c18-11-1-5-13(6-2-11)27(22,23)16-10-9-15(26-16)17(21)20-12-3-7-14(8-4-12)28(19,24)25;/h1-10H,(H,20,21)(H2,19,24,25);1H. The number of hydrogen-bond donors (Lipinski definition) is 2. The first-order valence-corrected chi connectivity index (χ1v) is 11.8. The summed E-state index contributed by atoms with van der Waals surface area (Å²) in [5, 5.41) is 8.01. The summed E-state index contributed by atoms with van der Waals surface area (Å²) in [6, 6.07) is 13.8. The largest absolute Gasteiger partial charge is 0.321 e. The van der Waals surface area contributed by atoms with Gasteiger partial charge >= 0.3 is 0 Å². The van der Waals surface area contributed by atoms with Crippen molar-refractivity contribution >= 4 is 66.8 Å². The van der Waals surface area contributed by atoms with Crippen LogP contribution < -0.4 is 10.5 Å². The second kappa shape index (κ2) is 8.82. The minimum atomic E-state index is -3.83. The highest BCUT2D eigenvalue weighted by molar-refractivity contribution is 7.93. The number of benzene rings is 2. The van der Waals surface area contributed by atoms with Crippen molar-refractivity contribution in [2.75, 3.05) is 5.32 Å². The number of nitrogens with two attached hydrogens (primary N) is 1. The van der Waals surface area contributed by atoms with Crippen LogP contribution in [0.4, 0.5) is 5.69 Å². The predicted octanol–water partition coefficient (Wildman–Crippen LogP) is 3.56. The zero-order chi connectivity index (χ0) is 20.5. The SMILES string of the molecule is Cl.NS(=O)(=O)c1ccc(NC(=O)c2ccc(S(=O)(=O)c3ccc(Cl)cc3)s2)cc1. The summed E-state index contributed by atoms with van der Waals surface area (Å²) >= 11 is 6.60. The Kier molecular flexibility index (Phi) is 7.10. The van der Waals surface area contributed by atoms with Crippen LogP contribution in [0.5, 0.6) is 0 Å². The molecule has 3 rings (SSSR count). The molecule has 0 atom stereocenters. The van der Waals surface area contributed by atoms with Gasteiger partial charge in [0.25, 0.3) is 5.91 Å². The van der Waals surface area contributed by atoms with Gasteiger partial charge in [0.05, 0.1) is 14.7 Å². The van der Waals surface area contributed by atoms with Gasteiger partial charge in [-0.25, -0.2) is 22.0 Å². The number of sulfonamides is 1. The lowest BCUT2D eigenvalue weighted by Crippen LogP contribution is -2.13. The summed E-state index contributed by atoms with van der Waals surface area (Å²) in [5.74, 6) is -0.522. The molecule has 0 unspecified atom stereocenters. The molecule has 0 fully saturated rings.